The minimum atomic E-state index is 0.298. The molecular weight excluding hydrogens is 214 g/mol. The van der Waals surface area contributed by atoms with Gasteiger partial charge in [0.05, 0.1) is 0 Å². The molecule has 3 N–H and O–H groups in total. The van der Waals surface area contributed by atoms with E-state index in [1.807, 2.05) is 4.68 Å². The fourth-order valence-electron chi connectivity index (χ4n) is 2.56. The van der Waals surface area contributed by atoms with Crippen molar-refractivity contribution >= 4 is 0 Å². The van der Waals surface area contributed by atoms with E-state index in [0.717, 1.165) is 12.2 Å². The maximum Gasteiger partial charge on any atom is 0.138 e. The standard InChI is InChI=1S/C12H23N5/c1-8(2)17-11(14-7-15-17)5-10(16-13)9-6-12(9,3)4/h7-10,16H,5-6,13H2,1-4H3. The van der Waals surface area contributed by atoms with Gasteiger partial charge in [-0.1, -0.05) is 13.8 Å². The van der Waals surface area contributed by atoms with E-state index in [1.54, 1.807) is 6.33 Å². The number of aromatic nitrogens is 3. The fraction of sp³-hybridized carbons (Fsp3) is 0.833. The smallest absolute Gasteiger partial charge is 0.138 e. The molecule has 0 radical (unpaired) electrons. The molecule has 0 saturated heterocycles. The first-order valence-corrected chi connectivity index (χ1v) is 6.30. The molecule has 0 aromatic carbocycles. The van der Waals surface area contributed by atoms with Gasteiger partial charge >= 0.3 is 0 Å². The molecule has 0 aliphatic heterocycles. The lowest BCUT2D eigenvalue weighted by Crippen LogP contribution is -2.40. The van der Waals surface area contributed by atoms with Gasteiger partial charge in [-0.05, 0) is 31.6 Å². The van der Waals surface area contributed by atoms with Crippen LogP contribution in [-0.2, 0) is 6.42 Å². The molecule has 2 atom stereocenters. The van der Waals surface area contributed by atoms with E-state index in [9.17, 15) is 0 Å². The third-order valence-electron chi connectivity index (χ3n) is 3.83. The van der Waals surface area contributed by atoms with Crippen LogP contribution in [0.25, 0.3) is 0 Å². The largest absolute Gasteiger partial charge is 0.271 e. The van der Waals surface area contributed by atoms with Gasteiger partial charge in [-0.15, -0.1) is 0 Å². The number of hydrogen-bond donors (Lipinski definition) is 2. The van der Waals surface area contributed by atoms with Crippen molar-refractivity contribution in [3.05, 3.63) is 12.2 Å². The van der Waals surface area contributed by atoms with Crippen LogP contribution in [0.3, 0.4) is 0 Å². The van der Waals surface area contributed by atoms with E-state index in [0.29, 0.717) is 23.4 Å². The summed E-state index contributed by atoms with van der Waals surface area (Å²) in [4.78, 5) is 4.34. The summed E-state index contributed by atoms with van der Waals surface area (Å²) in [6.45, 7) is 8.80. The molecule has 5 heteroatoms. The van der Waals surface area contributed by atoms with Gasteiger partial charge in [-0.3, -0.25) is 11.3 Å². The van der Waals surface area contributed by atoms with Crippen LogP contribution in [0.4, 0.5) is 0 Å². The SMILES string of the molecule is CC(C)n1ncnc1CC(NN)C1CC1(C)C. The first-order chi connectivity index (χ1) is 7.95. The molecule has 2 rings (SSSR count). The minimum Gasteiger partial charge on any atom is -0.271 e. The van der Waals surface area contributed by atoms with Crippen molar-refractivity contribution in [3.8, 4) is 0 Å². The van der Waals surface area contributed by atoms with Crippen LogP contribution in [0.5, 0.6) is 0 Å². The van der Waals surface area contributed by atoms with E-state index < -0.39 is 0 Å². The van der Waals surface area contributed by atoms with Crippen LogP contribution >= 0.6 is 0 Å². The average molecular weight is 237 g/mol. The Kier molecular flexibility index (Phi) is 3.23. The van der Waals surface area contributed by atoms with Crippen LogP contribution in [0.1, 0.15) is 46.0 Å². The zero-order valence-electron chi connectivity index (χ0n) is 11.1. The van der Waals surface area contributed by atoms with Crippen LogP contribution in [-0.4, -0.2) is 20.8 Å². The van der Waals surface area contributed by atoms with E-state index in [2.05, 4.69) is 43.2 Å². The molecule has 0 amide bonds. The predicted molar refractivity (Wildman–Crippen MR) is 67.1 cm³/mol. The van der Waals surface area contributed by atoms with Crippen molar-refractivity contribution in [2.24, 2.45) is 17.2 Å². The Hall–Kier alpha value is -0.940. The number of nitrogens with zero attached hydrogens (tertiary/aromatic N) is 3. The summed E-state index contributed by atoms with van der Waals surface area (Å²) in [6.07, 6.45) is 3.71. The lowest BCUT2D eigenvalue weighted by atomic mass is 10.0. The fourth-order valence-corrected chi connectivity index (χ4v) is 2.56. The number of hydrazine groups is 1. The molecule has 5 nitrogen and oxygen atoms in total. The van der Waals surface area contributed by atoms with Crippen molar-refractivity contribution in [2.75, 3.05) is 0 Å². The maximum atomic E-state index is 5.67. The molecule has 96 valence electrons. The van der Waals surface area contributed by atoms with Crippen molar-refractivity contribution in [1.82, 2.24) is 20.2 Å². The van der Waals surface area contributed by atoms with E-state index in [1.165, 1.54) is 6.42 Å². The molecule has 1 fully saturated rings. The zero-order chi connectivity index (χ0) is 12.6. The van der Waals surface area contributed by atoms with Gasteiger partial charge in [0.1, 0.15) is 12.2 Å². The molecule has 1 aliphatic carbocycles. The monoisotopic (exact) mass is 237 g/mol. The molecule has 2 unspecified atom stereocenters. The highest BCUT2D eigenvalue weighted by atomic mass is 15.3. The molecule has 1 heterocycles. The van der Waals surface area contributed by atoms with Crippen molar-refractivity contribution in [2.45, 2.75) is 52.6 Å². The first kappa shape index (κ1) is 12.5. The van der Waals surface area contributed by atoms with Gasteiger partial charge in [-0.2, -0.15) is 5.10 Å². The van der Waals surface area contributed by atoms with E-state index >= 15 is 0 Å². The van der Waals surface area contributed by atoms with E-state index in [4.69, 9.17) is 5.84 Å². The Morgan fingerprint density at radius 2 is 2.24 bits per heavy atom. The number of nitrogens with two attached hydrogens (primary N) is 1. The summed E-state index contributed by atoms with van der Waals surface area (Å²) in [6, 6.07) is 0.643. The summed E-state index contributed by atoms with van der Waals surface area (Å²) in [5.41, 5.74) is 3.36. The van der Waals surface area contributed by atoms with Gasteiger partial charge in [0.25, 0.3) is 0 Å². The summed E-state index contributed by atoms with van der Waals surface area (Å²) in [5.74, 6) is 7.33. The van der Waals surface area contributed by atoms with Crippen LogP contribution in [0.15, 0.2) is 6.33 Å². The Balaban J connectivity index is 2.06. The third kappa shape index (κ3) is 2.50. The van der Waals surface area contributed by atoms with Crippen LogP contribution < -0.4 is 11.3 Å². The Labute approximate surface area is 103 Å². The van der Waals surface area contributed by atoms with Gasteiger partial charge in [0, 0.05) is 18.5 Å². The molecule has 1 saturated carbocycles. The van der Waals surface area contributed by atoms with Crippen LogP contribution in [0, 0.1) is 11.3 Å². The minimum absolute atomic E-state index is 0.298. The van der Waals surface area contributed by atoms with Crippen molar-refractivity contribution in [3.63, 3.8) is 0 Å². The molecule has 0 bridgehead atoms. The maximum absolute atomic E-state index is 5.67. The molecular formula is C12H23N5. The summed E-state index contributed by atoms with van der Waals surface area (Å²) < 4.78 is 1.97. The van der Waals surface area contributed by atoms with Gasteiger partial charge < -0.3 is 0 Å². The Morgan fingerprint density at radius 1 is 1.59 bits per heavy atom. The highest BCUT2D eigenvalue weighted by molar-refractivity contribution is 5.04. The lowest BCUT2D eigenvalue weighted by Gasteiger charge is -2.18. The van der Waals surface area contributed by atoms with Crippen molar-refractivity contribution < 1.29 is 0 Å². The number of nitrogens with one attached hydrogen (secondary N) is 1. The first-order valence-electron chi connectivity index (χ1n) is 6.30. The summed E-state index contributed by atoms with van der Waals surface area (Å²) in [7, 11) is 0. The Morgan fingerprint density at radius 3 is 2.71 bits per heavy atom. The van der Waals surface area contributed by atoms with Gasteiger partial charge in [-0.25, -0.2) is 9.67 Å². The highest BCUT2D eigenvalue weighted by Crippen LogP contribution is 2.53. The molecule has 0 spiro atoms. The zero-order valence-corrected chi connectivity index (χ0v) is 11.1. The molecule has 17 heavy (non-hydrogen) atoms. The Bertz CT molecular complexity index is 382. The molecule has 1 aromatic heterocycles. The van der Waals surface area contributed by atoms with E-state index in [-0.39, 0.29) is 0 Å². The summed E-state index contributed by atoms with van der Waals surface area (Å²) >= 11 is 0. The second-order valence-corrected chi connectivity index (χ2v) is 5.99. The second kappa shape index (κ2) is 4.38. The van der Waals surface area contributed by atoms with Crippen LogP contribution in [0.2, 0.25) is 0 Å². The topological polar surface area (TPSA) is 68.8 Å². The van der Waals surface area contributed by atoms with Gasteiger partial charge in [0.2, 0.25) is 0 Å². The molecule has 1 aromatic rings. The van der Waals surface area contributed by atoms with Gasteiger partial charge in [0.15, 0.2) is 0 Å². The predicted octanol–water partition coefficient (Wildman–Crippen LogP) is 1.28. The molecule has 1 aliphatic rings. The second-order valence-electron chi connectivity index (χ2n) is 5.99. The van der Waals surface area contributed by atoms with Crippen molar-refractivity contribution in [1.29, 1.82) is 0 Å². The summed E-state index contributed by atoms with van der Waals surface area (Å²) in [5, 5.41) is 4.26. The third-order valence-corrected chi connectivity index (χ3v) is 3.83. The number of hydrogen-bond acceptors (Lipinski definition) is 4. The average Bonchev–Trinajstić information content (AvgIpc) is 2.72. The number of rotatable bonds is 5. The normalized spacial score (nSPS) is 24.0. The lowest BCUT2D eigenvalue weighted by molar-refractivity contribution is 0.389. The quantitative estimate of drug-likeness (QED) is 0.598. The highest BCUT2D eigenvalue weighted by Gasteiger charge is 2.50.